The second kappa shape index (κ2) is 11.9. The number of halogens is 1. The van der Waals surface area contributed by atoms with Crippen LogP contribution in [0.4, 0.5) is 0 Å². The van der Waals surface area contributed by atoms with Crippen LogP contribution >= 0.6 is 11.6 Å². The van der Waals surface area contributed by atoms with Crippen molar-refractivity contribution in [2.45, 2.75) is 24.2 Å². The van der Waals surface area contributed by atoms with Crippen LogP contribution < -0.4 is 10.1 Å². The third-order valence-corrected chi connectivity index (χ3v) is 6.61. The number of ether oxygens (including phenoxy) is 1. The highest BCUT2D eigenvalue weighted by Gasteiger charge is 2.28. The summed E-state index contributed by atoms with van der Waals surface area (Å²) in [6.07, 6.45) is 5.45. The Hall–Kier alpha value is -3.53. The van der Waals surface area contributed by atoms with Crippen molar-refractivity contribution in [1.29, 1.82) is 5.26 Å². The van der Waals surface area contributed by atoms with E-state index in [-0.39, 0.29) is 30.2 Å². The van der Waals surface area contributed by atoms with Gasteiger partial charge in [-0.2, -0.15) is 5.26 Å². The molecule has 33 heavy (non-hydrogen) atoms. The minimum absolute atomic E-state index is 0.0714. The van der Waals surface area contributed by atoms with Crippen LogP contribution in [0.1, 0.15) is 28.8 Å². The molecule has 0 aliphatic carbocycles. The molecule has 0 aromatic heterocycles. The zero-order valence-electron chi connectivity index (χ0n) is 17.9. The maximum atomic E-state index is 12.8. The van der Waals surface area contributed by atoms with Crippen molar-refractivity contribution in [1.82, 2.24) is 9.62 Å². The van der Waals surface area contributed by atoms with Crippen molar-refractivity contribution in [3.05, 3.63) is 58.6 Å². The zero-order valence-corrected chi connectivity index (χ0v) is 19.4. The summed E-state index contributed by atoms with van der Waals surface area (Å²) in [7, 11) is -2.74. The lowest BCUT2D eigenvalue weighted by atomic mass is 10.1. The Bertz CT molecular complexity index is 1200. The van der Waals surface area contributed by atoms with Crippen molar-refractivity contribution in [2.75, 3.05) is 20.2 Å². The highest BCUT2D eigenvalue weighted by atomic mass is 35.5. The Morgan fingerprint density at radius 3 is 2.52 bits per heavy atom. The van der Waals surface area contributed by atoms with Crippen LogP contribution in [0, 0.1) is 23.7 Å². The molecule has 0 saturated carbocycles. The Morgan fingerprint density at radius 1 is 1.21 bits per heavy atom. The predicted octanol–water partition coefficient (Wildman–Crippen LogP) is 2.78. The number of amides is 2. The third kappa shape index (κ3) is 6.72. The Kier molecular flexibility index (Phi) is 9.29. The average Bonchev–Trinajstić information content (AvgIpc) is 2.81. The number of carbonyl (C=O) groups excluding carboxylic acids is 2. The van der Waals surface area contributed by atoms with Gasteiger partial charge in [-0.15, -0.1) is 12.3 Å². The molecule has 2 rings (SSSR count). The number of nitriles is 1. The summed E-state index contributed by atoms with van der Waals surface area (Å²) < 4.78 is 31.3. The summed E-state index contributed by atoms with van der Waals surface area (Å²) in [6, 6.07) is 12.3. The summed E-state index contributed by atoms with van der Waals surface area (Å²) in [5.41, 5.74) is 1.07. The molecule has 2 aromatic carbocycles. The first kappa shape index (κ1) is 25.7. The van der Waals surface area contributed by atoms with E-state index in [1.807, 2.05) is 0 Å². The fourth-order valence-electron chi connectivity index (χ4n) is 2.90. The van der Waals surface area contributed by atoms with Crippen LogP contribution in [0.5, 0.6) is 5.75 Å². The Morgan fingerprint density at radius 2 is 1.91 bits per heavy atom. The van der Waals surface area contributed by atoms with Gasteiger partial charge in [0.15, 0.2) is 0 Å². The first-order valence-corrected chi connectivity index (χ1v) is 11.6. The lowest BCUT2D eigenvalue weighted by Gasteiger charge is -2.19. The molecular formula is C23H22ClN3O5S. The van der Waals surface area contributed by atoms with Crippen molar-refractivity contribution in [3.63, 3.8) is 0 Å². The standard InChI is InChI=1S/C23H22ClN3O5S/c1-3-4-5-22(28)27(15-13-25)33(30,31)19-9-6-17(7-10-19)12-14-26-23(29)20-16-18(24)8-11-21(20)32-2/h1,6-11,16H,4-5,12,14-15H2,2H3,(H,26,29). The number of nitrogens with one attached hydrogen (secondary N) is 1. The van der Waals surface area contributed by atoms with Gasteiger partial charge in [-0.1, -0.05) is 23.7 Å². The average molecular weight is 488 g/mol. The molecule has 0 saturated heterocycles. The SMILES string of the molecule is C#CCCC(=O)N(CC#N)S(=O)(=O)c1ccc(CCNC(=O)c2cc(Cl)ccc2OC)cc1. The van der Waals surface area contributed by atoms with Gasteiger partial charge in [0.2, 0.25) is 5.91 Å². The quantitative estimate of drug-likeness (QED) is 0.407. The molecule has 0 fully saturated rings. The summed E-state index contributed by atoms with van der Waals surface area (Å²) in [6.45, 7) is -0.321. The normalized spacial score (nSPS) is 10.5. The van der Waals surface area contributed by atoms with Crippen LogP contribution in [-0.2, 0) is 21.2 Å². The number of nitrogens with zero attached hydrogens (tertiary/aromatic N) is 2. The van der Waals surface area contributed by atoms with Gasteiger partial charge >= 0.3 is 0 Å². The van der Waals surface area contributed by atoms with Gasteiger partial charge in [0.05, 0.1) is 23.6 Å². The van der Waals surface area contributed by atoms with Crippen LogP contribution in [0.3, 0.4) is 0 Å². The van der Waals surface area contributed by atoms with Crippen LogP contribution in [0.25, 0.3) is 0 Å². The van der Waals surface area contributed by atoms with Crippen molar-refractivity contribution >= 4 is 33.4 Å². The van der Waals surface area contributed by atoms with Crippen LogP contribution in [-0.4, -0.2) is 44.7 Å². The minimum Gasteiger partial charge on any atom is -0.496 e. The molecule has 0 aliphatic heterocycles. The summed E-state index contributed by atoms with van der Waals surface area (Å²) in [4.78, 5) is 24.5. The molecule has 0 radical (unpaired) electrons. The van der Waals surface area contributed by atoms with Crippen molar-refractivity contribution in [2.24, 2.45) is 0 Å². The van der Waals surface area contributed by atoms with E-state index in [1.165, 1.54) is 25.3 Å². The molecule has 8 nitrogen and oxygen atoms in total. The molecule has 1 N–H and O–H groups in total. The molecule has 2 aromatic rings. The number of hydrogen-bond acceptors (Lipinski definition) is 6. The number of methoxy groups -OCH3 is 1. The lowest BCUT2D eigenvalue weighted by molar-refractivity contribution is -0.126. The van der Waals surface area contributed by atoms with Gasteiger partial charge in [0.1, 0.15) is 12.3 Å². The highest BCUT2D eigenvalue weighted by molar-refractivity contribution is 7.89. The number of carbonyl (C=O) groups is 2. The topological polar surface area (TPSA) is 117 Å². The van der Waals surface area contributed by atoms with Gasteiger partial charge in [0, 0.05) is 24.4 Å². The first-order valence-electron chi connectivity index (χ1n) is 9.81. The number of sulfonamides is 1. The number of rotatable bonds is 10. The monoisotopic (exact) mass is 487 g/mol. The zero-order chi connectivity index (χ0) is 24.4. The van der Waals surface area contributed by atoms with E-state index in [1.54, 1.807) is 30.3 Å². The molecule has 0 heterocycles. The lowest BCUT2D eigenvalue weighted by Crippen LogP contribution is -2.37. The molecule has 2 amide bonds. The third-order valence-electron chi connectivity index (χ3n) is 4.59. The molecule has 10 heteroatoms. The molecule has 0 bridgehead atoms. The maximum Gasteiger partial charge on any atom is 0.267 e. The van der Waals surface area contributed by atoms with Gasteiger partial charge < -0.3 is 10.1 Å². The fourth-order valence-corrected chi connectivity index (χ4v) is 4.40. The number of terminal acetylenes is 1. The molecule has 172 valence electrons. The summed E-state index contributed by atoms with van der Waals surface area (Å²) in [5.74, 6) is 1.57. The van der Waals surface area contributed by atoms with Crippen molar-refractivity contribution < 1.29 is 22.7 Å². The van der Waals surface area contributed by atoms with E-state index in [0.717, 1.165) is 5.56 Å². The largest absolute Gasteiger partial charge is 0.496 e. The van der Waals surface area contributed by atoms with Gasteiger partial charge in [-0.3, -0.25) is 9.59 Å². The molecule has 0 unspecified atom stereocenters. The van der Waals surface area contributed by atoms with Crippen molar-refractivity contribution in [3.8, 4) is 24.2 Å². The van der Waals surface area contributed by atoms with E-state index in [2.05, 4.69) is 11.2 Å². The van der Waals surface area contributed by atoms with E-state index in [4.69, 9.17) is 28.0 Å². The summed E-state index contributed by atoms with van der Waals surface area (Å²) >= 11 is 5.95. The van der Waals surface area contributed by atoms with Gasteiger partial charge in [-0.05, 0) is 42.3 Å². The molecule has 0 aliphatic rings. The molecule has 0 spiro atoms. The molecular weight excluding hydrogens is 466 g/mol. The van der Waals surface area contributed by atoms with E-state index in [0.29, 0.717) is 27.1 Å². The fraction of sp³-hybridized carbons (Fsp3) is 0.261. The molecule has 0 atom stereocenters. The van der Waals surface area contributed by atoms with Gasteiger partial charge in [0.25, 0.3) is 15.9 Å². The second-order valence-corrected chi connectivity index (χ2v) is 9.06. The van der Waals surface area contributed by atoms with E-state index in [9.17, 15) is 18.0 Å². The van der Waals surface area contributed by atoms with E-state index < -0.39 is 22.5 Å². The van der Waals surface area contributed by atoms with E-state index >= 15 is 0 Å². The van der Waals surface area contributed by atoms with Gasteiger partial charge in [-0.25, -0.2) is 12.7 Å². The highest BCUT2D eigenvalue weighted by Crippen LogP contribution is 2.22. The summed E-state index contributed by atoms with van der Waals surface area (Å²) in [5, 5.41) is 12.1. The Balaban J connectivity index is 2.05. The Labute approximate surface area is 198 Å². The smallest absolute Gasteiger partial charge is 0.267 e. The number of benzene rings is 2. The second-order valence-electron chi connectivity index (χ2n) is 6.76. The van der Waals surface area contributed by atoms with Crippen LogP contribution in [0.2, 0.25) is 5.02 Å². The first-order chi connectivity index (χ1) is 15.7. The predicted molar refractivity (Wildman–Crippen MR) is 123 cm³/mol. The van der Waals surface area contributed by atoms with Crippen LogP contribution in [0.15, 0.2) is 47.4 Å². The maximum absolute atomic E-state index is 12.8. The minimum atomic E-state index is -4.19. The number of hydrogen-bond donors (Lipinski definition) is 1.